The Balaban J connectivity index is 1.46. The van der Waals surface area contributed by atoms with Crippen LogP contribution in [0.2, 0.25) is 0 Å². The van der Waals surface area contributed by atoms with E-state index in [-0.39, 0.29) is 0 Å². The molecule has 0 atom stereocenters. The maximum absolute atomic E-state index is 2.34. The minimum atomic E-state index is 1.10. The van der Waals surface area contributed by atoms with Crippen molar-refractivity contribution in [2.45, 2.75) is 0 Å². The maximum Gasteiger partial charge on any atom is 0.0488 e. The predicted molar refractivity (Wildman–Crippen MR) is 182 cm³/mol. The molecular formula is C38H28N2S2. The van der Waals surface area contributed by atoms with Crippen LogP contribution in [0.25, 0.3) is 20.2 Å². The van der Waals surface area contributed by atoms with Crippen LogP contribution in [0, 0.1) is 0 Å². The SMILES string of the molecule is c1ccc(N(c2ccccc2)c2cc(-c3ccc(-c4cccs4)s3)cc(N(c3ccccc3)c3ccccc3)c2)cc1. The molecule has 42 heavy (non-hydrogen) atoms. The van der Waals surface area contributed by atoms with E-state index in [9.17, 15) is 0 Å². The topological polar surface area (TPSA) is 6.48 Å². The minimum Gasteiger partial charge on any atom is -0.310 e. The molecular weight excluding hydrogens is 549 g/mol. The van der Waals surface area contributed by atoms with Gasteiger partial charge in [-0.3, -0.25) is 0 Å². The van der Waals surface area contributed by atoms with Gasteiger partial charge in [-0.25, -0.2) is 0 Å². The third-order valence-corrected chi connectivity index (χ3v) is 9.33. The molecule has 0 aliphatic rings. The molecule has 0 saturated carbocycles. The number of hydrogen-bond acceptors (Lipinski definition) is 4. The first-order valence-corrected chi connectivity index (χ1v) is 15.6. The molecule has 2 heterocycles. The molecule has 0 fully saturated rings. The Labute approximate surface area is 255 Å². The summed E-state index contributed by atoms with van der Waals surface area (Å²) in [5, 5.41) is 2.14. The van der Waals surface area contributed by atoms with E-state index >= 15 is 0 Å². The molecule has 2 aromatic heterocycles. The zero-order valence-electron chi connectivity index (χ0n) is 22.9. The van der Waals surface area contributed by atoms with E-state index in [0.717, 1.165) is 34.1 Å². The number of thiophene rings is 2. The lowest BCUT2D eigenvalue weighted by atomic mass is 10.1. The first kappa shape index (κ1) is 26.0. The maximum atomic E-state index is 2.34. The van der Waals surface area contributed by atoms with Gasteiger partial charge in [0.2, 0.25) is 0 Å². The molecule has 202 valence electrons. The summed E-state index contributed by atoms with van der Waals surface area (Å²) in [7, 11) is 0. The van der Waals surface area contributed by atoms with Crippen molar-refractivity contribution in [3.63, 3.8) is 0 Å². The van der Waals surface area contributed by atoms with Crippen LogP contribution in [0.5, 0.6) is 0 Å². The van der Waals surface area contributed by atoms with E-state index in [1.807, 2.05) is 11.3 Å². The number of nitrogens with zero attached hydrogens (tertiary/aromatic N) is 2. The van der Waals surface area contributed by atoms with Crippen LogP contribution in [0.1, 0.15) is 0 Å². The van der Waals surface area contributed by atoms with Gasteiger partial charge in [0.05, 0.1) is 0 Å². The normalized spacial score (nSPS) is 10.9. The van der Waals surface area contributed by atoms with Gasteiger partial charge < -0.3 is 9.80 Å². The fraction of sp³-hybridized carbons (Fsp3) is 0. The fourth-order valence-corrected chi connectivity index (χ4v) is 7.07. The van der Waals surface area contributed by atoms with E-state index in [0.29, 0.717) is 0 Å². The second kappa shape index (κ2) is 11.9. The zero-order valence-corrected chi connectivity index (χ0v) is 24.5. The summed E-state index contributed by atoms with van der Waals surface area (Å²) in [6, 6.07) is 58.2. The molecule has 0 aliphatic heterocycles. The van der Waals surface area contributed by atoms with Crippen LogP contribution in [-0.2, 0) is 0 Å². The number of benzene rings is 5. The third-order valence-electron chi connectivity index (χ3n) is 7.13. The van der Waals surface area contributed by atoms with Gasteiger partial charge in [-0.1, -0.05) is 78.9 Å². The predicted octanol–water partition coefficient (Wildman–Crippen LogP) is 12.1. The van der Waals surface area contributed by atoms with Gasteiger partial charge in [-0.2, -0.15) is 0 Å². The van der Waals surface area contributed by atoms with E-state index in [2.05, 4.69) is 179 Å². The molecule has 5 aromatic carbocycles. The van der Waals surface area contributed by atoms with Crippen LogP contribution >= 0.6 is 22.7 Å². The lowest BCUT2D eigenvalue weighted by Crippen LogP contribution is -2.13. The fourth-order valence-electron chi connectivity index (χ4n) is 5.24. The van der Waals surface area contributed by atoms with Crippen molar-refractivity contribution >= 4 is 56.8 Å². The Bertz CT molecular complexity index is 1680. The van der Waals surface area contributed by atoms with Crippen molar-refractivity contribution in [1.82, 2.24) is 0 Å². The average Bonchev–Trinajstić information content (AvgIpc) is 3.77. The highest BCUT2D eigenvalue weighted by atomic mass is 32.1. The molecule has 2 nitrogen and oxygen atoms in total. The van der Waals surface area contributed by atoms with Crippen molar-refractivity contribution in [1.29, 1.82) is 0 Å². The molecule has 0 saturated heterocycles. The second-order valence-corrected chi connectivity index (χ2v) is 11.9. The smallest absolute Gasteiger partial charge is 0.0488 e. The van der Waals surface area contributed by atoms with Gasteiger partial charge in [-0.15, -0.1) is 22.7 Å². The molecule has 4 heteroatoms. The van der Waals surface area contributed by atoms with Crippen LogP contribution in [0.4, 0.5) is 34.1 Å². The Hall–Kier alpha value is -4.90. The van der Waals surface area contributed by atoms with Gasteiger partial charge in [0, 0.05) is 48.8 Å². The first-order chi connectivity index (χ1) is 20.8. The number of rotatable bonds is 8. The molecule has 0 N–H and O–H groups in total. The first-order valence-electron chi connectivity index (χ1n) is 13.9. The largest absolute Gasteiger partial charge is 0.310 e. The van der Waals surface area contributed by atoms with Gasteiger partial charge in [0.25, 0.3) is 0 Å². The quantitative estimate of drug-likeness (QED) is 0.177. The summed E-state index contributed by atoms with van der Waals surface area (Å²) in [5.41, 5.74) is 7.84. The van der Waals surface area contributed by atoms with Crippen molar-refractivity contribution in [2.75, 3.05) is 9.80 Å². The Morgan fingerprint density at radius 2 is 0.762 bits per heavy atom. The van der Waals surface area contributed by atoms with Gasteiger partial charge >= 0.3 is 0 Å². The third kappa shape index (κ3) is 5.38. The van der Waals surface area contributed by atoms with Crippen molar-refractivity contribution < 1.29 is 0 Å². The van der Waals surface area contributed by atoms with E-state index < -0.39 is 0 Å². The Morgan fingerprint density at radius 1 is 0.333 bits per heavy atom. The molecule has 0 amide bonds. The van der Waals surface area contributed by atoms with Gasteiger partial charge in [0.15, 0.2) is 0 Å². The molecule has 7 aromatic rings. The summed E-state index contributed by atoms with van der Waals surface area (Å²) < 4.78 is 0. The average molecular weight is 577 g/mol. The van der Waals surface area contributed by atoms with Gasteiger partial charge in [-0.05, 0) is 95.9 Å². The van der Waals surface area contributed by atoms with E-state index in [1.165, 1.54) is 20.2 Å². The lowest BCUT2D eigenvalue weighted by Gasteiger charge is -2.30. The summed E-state index contributed by atoms with van der Waals surface area (Å²) in [6.45, 7) is 0. The van der Waals surface area contributed by atoms with Crippen LogP contribution < -0.4 is 9.80 Å². The molecule has 0 bridgehead atoms. The Kier molecular flexibility index (Phi) is 7.38. The summed E-state index contributed by atoms with van der Waals surface area (Å²) in [6.07, 6.45) is 0. The monoisotopic (exact) mass is 576 g/mol. The van der Waals surface area contributed by atoms with Crippen molar-refractivity contribution in [3.05, 3.63) is 169 Å². The summed E-state index contributed by atoms with van der Waals surface area (Å²) >= 11 is 3.62. The molecule has 0 aliphatic carbocycles. The highest BCUT2D eigenvalue weighted by Crippen LogP contribution is 2.45. The second-order valence-electron chi connectivity index (χ2n) is 9.89. The van der Waals surface area contributed by atoms with Gasteiger partial charge in [0.1, 0.15) is 0 Å². The van der Waals surface area contributed by atoms with E-state index in [1.54, 1.807) is 11.3 Å². The molecule has 0 spiro atoms. The zero-order chi connectivity index (χ0) is 28.1. The highest BCUT2D eigenvalue weighted by molar-refractivity contribution is 7.23. The van der Waals surface area contributed by atoms with Crippen LogP contribution in [0.15, 0.2) is 169 Å². The number of anilines is 6. The van der Waals surface area contributed by atoms with Crippen LogP contribution in [-0.4, -0.2) is 0 Å². The highest BCUT2D eigenvalue weighted by Gasteiger charge is 2.19. The lowest BCUT2D eigenvalue weighted by molar-refractivity contribution is 1.25. The van der Waals surface area contributed by atoms with Crippen LogP contribution in [0.3, 0.4) is 0 Å². The Morgan fingerprint density at radius 3 is 1.17 bits per heavy atom. The summed E-state index contributed by atoms with van der Waals surface area (Å²) in [5.74, 6) is 0. The molecule has 0 unspecified atom stereocenters. The standard InChI is InChI=1S/C38H28N2S2/c1-5-14-30(15-6-1)39(31-16-7-2-8-17-31)34-26-29(36-23-24-38(42-36)37-22-13-25-41-37)27-35(28-34)40(32-18-9-3-10-19-32)33-20-11-4-12-21-33/h1-28H. The molecule has 7 rings (SSSR count). The number of para-hydroxylation sites is 4. The molecule has 0 radical (unpaired) electrons. The number of hydrogen-bond donors (Lipinski definition) is 0. The van der Waals surface area contributed by atoms with E-state index in [4.69, 9.17) is 0 Å². The minimum absolute atomic E-state index is 1.10. The van der Waals surface area contributed by atoms with Crippen molar-refractivity contribution in [2.24, 2.45) is 0 Å². The summed E-state index contributed by atoms with van der Waals surface area (Å²) in [4.78, 5) is 8.51. The van der Waals surface area contributed by atoms with Crippen molar-refractivity contribution in [3.8, 4) is 20.2 Å².